The molecule has 0 unspecified atom stereocenters. The molecule has 0 saturated heterocycles. The van der Waals surface area contributed by atoms with E-state index in [2.05, 4.69) is 31.8 Å². The molecule has 0 aromatic heterocycles. The fourth-order valence-electron chi connectivity index (χ4n) is 1.73. The van der Waals surface area contributed by atoms with Crippen LogP contribution in [0.5, 0.6) is 11.5 Å². The fraction of sp³-hybridized carbons (Fsp3) is 0.125. The summed E-state index contributed by atoms with van der Waals surface area (Å²) >= 11 is 3.34. The van der Waals surface area contributed by atoms with Crippen molar-refractivity contribution in [1.82, 2.24) is 5.43 Å². The van der Waals surface area contributed by atoms with Crippen molar-refractivity contribution in [3.05, 3.63) is 52.5 Å². The number of carbonyl (C=O) groups excluding carboxylic acids is 1. The molecule has 2 rings (SSSR count). The molecule has 3 N–H and O–H groups in total. The summed E-state index contributed by atoms with van der Waals surface area (Å²) in [6.07, 6.45) is 1.36. The Morgan fingerprint density at radius 1 is 1.30 bits per heavy atom. The third kappa shape index (κ3) is 5.30. The van der Waals surface area contributed by atoms with Gasteiger partial charge >= 0.3 is 0 Å². The lowest BCUT2D eigenvalue weighted by Gasteiger charge is -2.05. The first-order chi connectivity index (χ1) is 11.1. The van der Waals surface area contributed by atoms with Crippen LogP contribution in [-0.4, -0.2) is 30.9 Å². The van der Waals surface area contributed by atoms with Crippen LogP contribution in [0.2, 0.25) is 0 Å². The average Bonchev–Trinajstić information content (AvgIpc) is 2.56. The fourth-order valence-corrected chi connectivity index (χ4v) is 1.99. The predicted octanol–water partition coefficient (Wildman–Crippen LogP) is 2.73. The molecule has 0 fully saturated rings. The van der Waals surface area contributed by atoms with Crippen LogP contribution in [0.3, 0.4) is 0 Å². The molecular formula is C16H16BrN3O3. The lowest BCUT2D eigenvalue weighted by Crippen LogP contribution is -2.25. The Morgan fingerprint density at radius 2 is 2.04 bits per heavy atom. The number of phenolic OH excluding ortho intramolecular Hbond substituents is 1. The highest BCUT2D eigenvalue weighted by molar-refractivity contribution is 9.10. The van der Waals surface area contributed by atoms with Gasteiger partial charge in [0.1, 0.15) is 11.5 Å². The van der Waals surface area contributed by atoms with Crippen molar-refractivity contribution >= 4 is 33.7 Å². The average molecular weight is 378 g/mol. The lowest BCUT2D eigenvalue weighted by atomic mass is 10.2. The van der Waals surface area contributed by atoms with Crippen molar-refractivity contribution in [2.75, 3.05) is 19.0 Å². The summed E-state index contributed by atoms with van der Waals surface area (Å²) in [5.41, 5.74) is 3.67. The van der Waals surface area contributed by atoms with Gasteiger partial charge < -0.3 is 15.2 Å². The highest BCUT2D eigenvalue weighted by Crippen LogP contribution is 2.20. The number of hydrazone groups is 1. The number of phenols is 1. The minimum absolute atomic E-state index is 0.0526. The van der Waals surface area contributed by atoms with E-state index in [1.807, 2.05) is 24.3 Å². The number of hydrogen-bond donors (Lipinski definition) is 3. The number of carbonyl (C=O) groups is 1. The van der Waals surface area contributed by atoms with Crippen molar-refractivity contribution in [2.24, 2.45) is 5.10 Å². The van der Waals surface area contributed by atoms with Gasteiger partial charge in [0, 0.05) is 15.7 Å². The van der Waals surface area contributed by atoms with Crippen molar-refractivity contribution < 1.29 is 14.6 Å². The summed E-state index contributed by atoms with van der Waals surface area (Å²) in [5.74, 6) is 0.343. The Balaban J connectivity index is 1.85. The second-order valence-corrected chi connectivity index (χ2v) is 5.49. The summed E-state index contributed by atoms with van der Waals surface area (Å²) in [4.78, 5) is 11.7. The van der Waals surface area contributed by atoms with Crippen LogP contribution in [-0.2, 0) is 4.79 Å². The third-order valence-corrected chi connectivity index (χ3v) is 3.45. The summed E-state index contributed by atoms with van der Waals surface area (Å²) < 4.78 is 6.03. The van der Waals surface area contributed by atoms with Crippen molar-refractivity contribution in [2.45, 2.75) is 0 Å². The molecule has 2 aromatic carbocycles. The molecule has 0 spiro atoms. The highest BCUT2D eigenvalue weighted by atomic mass is 79.9. The number of hydrogen-bond acceptors (Lipinski definition) is 5. The third-order valence-electron chi connectivity index (χ3n) is 2.92. The molecule has 0 aliphatic carbocycles. The zero-order chi connectivity index (χ0) is 16.7. The quantitative estimate of drug-likeness (QED) is 0.533. The van der Waals surface area contributed by atoms with Gasteiger partial charge in [0.25, 0.3) is 5.91 Å². The number of anilines is 1. The maximum absolute atomic E-state index is 11.7. The summed E-state index contributed by atoms with van der Waals surface area (Å²) in [6.45, 7) is 0.0864. The van der Waals surface area contributed by atoms with Crippen LogP contribution in [0.15, 0.2) is 52.0 Å². The van der Waals surface area contributed by atoms with Gasteiger partial charge in [-0.3, -0.25) is 4.79 Å². The SMILES string of the molecule is COc1ccc(O)c(C=NNC(=O)CNc2ccc(Br)cc2)c1. The Labute approximate surface area is 142 Å². The second-order valence-electron chi connectivity index (χ2n) is 4.58. The minimum Gasteiger partial charge on any atom is -0.507 e. The van der Waals surface area contributed by atoms with Crippen molar-refractivity contribution in [1.29, 1.82) is 0 Å². The highest BCUT2D eigenvalue weighted by Gasteiger charge is 2.02. The standard InChI is InChI=1S/C16H16BrN3O3/c1-23-14-6-7-15(21)11(8-14)9-19-20-16(22)10-18-13-4-2-12(17)3-5-13/h2-9,18,21H,10H2,1H3,(H,20,22). The van der Waals surface area contributed by atoms with Gasteiger partial charge in [-0.1, -0.05) is 15.9 Å². The molecule has 6 nitrogen and oxygen atoms in total. The molecule has 0 radical (unpaired) electrons. The van der Waals surface area contributed by atoms with E-state index in [-0.39, 0.29) is 18.2 Å². The number of rotatable bonds is 6. The first-order valence-electron chi connectivity index (χ1n) is 6.77. The summed E-state index contributed by atoms with van der Waals surface area (Å²) in [6, 6.07) is 12.2. The molecule has 2 aromatic rings. The van der Waals surface area contributed by atoms with Crippen LogP contribution in [0.4, 0.5) is 5.69 Å². The second kappa shape index (κ2) is 8.19. The maximum Gasteiger partial charge on any atom is 0.259 e. The molecule has 0 saturated carbocycles. The lowest BCUT2D eigenvalue weighted by molar-refractivity contribution is -0.119. The number of halogens is 1. The molecule has 1 amide bonds. The van der Waals surface area contributed by atoms with E-state index in [9.17, 15) is 9.90 Å². The smallest absolute Gasteiger partial charge is 0.259 e. The van der Waals surface area contributed by atoms with Crippen LogP contribution < -0.4 is 15.5 Å². The number of ether oxygens (including phenoxy) is 1. The van der Waals surface area contributed by atoms with Crippen molar-refractivity contribution in [3.63, 3.8) is 0 Å². The van der Waals surface area contributed by atoms with E-state index >= 15 is 0 Å². The van der Waals surface area contributed by atoms with Gasteiger partial charge in [0.05, 0.1) is 19.9 Å². The van der Waals surface area contributed by atoms with Crippen LogP contribution in [0.1, 0.15) is 5.56 Å². The van der Waals surface area contributed by atoms with Gasteiger partial charge in [-0.25, -0.2) is 5.43 Å². The van der Waals surface area contributed by atoms with E-state index in [0.29, 0.717) is 11.3 Å². The number of amides is 1. The van der Waals surface area contributed by atoms with E-state index in [4.69, 9.17) is 4.74 Å². The topological polar surface area (TPSA) is 83.0 Å². The van der Waals surface area contributed by atoms with Gasteiger partial charge in [-0.15, -0.1) is 0 Å². The first-order valence-corrected chi connectivity index (χ1v) is 7.56. The number of aromatic hydroxyl groups is 1. The minimum atomic E-state index is -0.299. The van der Waals surface area contributed by atoms with E-state index < -0.39 is 0 Å². The van der Waals surface area contributed by atoms with Gasteiger partial charge in [-0.2, -0.15) is 5.10 Å². The van der Waals surface area contributed by atoms with Gasteiger partial charge in [-0.05, 0) is 42.5 Å². The molecule has 0 bridgehead atoms. The molecule has 120 valence electrons. The monoisotopic (exact) mass is 377 g/mol. The number of nitrogens with zero attached hydrogens (tertiary/aromatic N) is 1. The molecular weight excluding hydrogens is 362 g/mol. The largest absolute Gasteiger partial charge is 0.507 e. The Bertz CT molecular complexity index is 702. The first kappa shape index (κ1) is 16.8. The zero-order valence-electron chi connectivity index (χ0n) is 12.4. The van der Waals surface area contributed by atoms with E-state index in [1.165, 1.54) is 19.4 Å². The van der Waals surface area contributed by atoms with Crippen LogP contribution in [0.25, 0.3) is 0 Å². The maximum atomic E-state index is 11.7. The number of methoxy groups -OCH3 is 1. The van der Waals surface area contributed by atoms with E-state index in [1.54, 1.807) is 12.1 Å². The summed E-state index contributed by atoms with van der Waals surface area (Å²) in [7, 11) is 1.53. The van der Waals surface area contributed by atoms with Crippen molar-refractivity contribution in [3.8, 4) is 11.5 Å². The molecule has 0 aliphatic heterocycles. The number of nitrogens with one attached hydrogen (secondary N) is 2. The summed E-state index contributed by atoms with van der Waals surface area (Å²) in [5, 5.41) is 16.5. The molecule has 7 heteroatoms. The van der Waals surface area contributed by atoms with Crippen LogP contribution in [0, 0.1) is 0 Å². The predicted molar refractivity (Wildman–Crippen MR) is 93.0 cm³/mol. The number of benzene rings is 2. The van der Waals surface area contributed by atoms with E-state index in [0.717, 1.165) is 10.2 Å². The van der Waals surface area contributed by atoms with Crippen LogP contribution >= 0.6 is 15.9 Å². The Hall–Kier alpha value is -2.54. The Morgan fingerprint density at radius 3 is 2.74 bits per heavy atom. The molecule has 0 atom stereocenters. The molecule has 0 heterocycles. The normalized spacial score (nSPS) is 10.5. The van der Waals surface area contributed by atoms with Gasteiger partial charge in [0.15, 0.2) is 0 Å². The van der Waals surface area contributed by atoms with Gasteiger partial charge in [0.2, 0.25) is 0 Å². The molecule has 0 aliphatic rings. The Kier molecular flexibility index (Phi) is 5.99. The zero-order valence-corrected chi connectivity index (χ0v) is 14.0. The molecule has 23 heavy (non-hydrogen) atoms.